The zero-order chi connectivity index (χ0) is 12.3. The second-order valence-electron chi connectivity index (χ2n) is 4.28. The smallest absolute Gasteiger partial charge is 0.157 e. The zero-order valence-electron chi connectivity index (χ0n) is 10.3. The lowest BCUT2D eigenvalue weighted by atomic mass is 9.91. The largest absolute Gasteiger partial charge is 0.484 e. The van der Waals surface area contributed by atoms with Gasteiger partial charge in [-0.3, -0.25) is 4.68 Å². The second kappa shape index (κ2) is 5.87. The van der Waals surface area contributed by atoms with Crippen molar-refractivity contribution in [1.82, 2.24) is 9.78 Å². The summed E-state index contributed by atoms with van der Waals surface area (Å²) < 4.78 is 13.5. The quantitative estimate of drug-likeness (QED) is 0.758. The van der Waals surface area contributed by atoms with Crippen molar-refractivity contribution in [2.24, 2.45) is 0 Å². The number of aryl methyl sites for hydroxylation is 1. The maximum atomic E-state index is 5.87. The third-order valence-corrected chi connectivity index (χ3v) is 3.81. The van der Waals surface area contributed by atoms with Gasteiger partial charge in [-0.1, -0.05) is 22.9 Å². The fourth-order valence-electron chi connectivity index (χ4n) is 1.86. The minimum absolute atomic E-state index is 0.153. The molecule has 0 N–H and O–H groups in total. The van der Waals surface area contributed by atoms with Gasteiger partial charge in [0.25, 0.3) is 0 Å². The first-order valence-electron chi connectivity index (χ1n) is 6.19. The maximum absolute atomic E-state index is 5.87. The molecule has 0 saturated heterocycles. The Labute approximate surface area is 110 Å². The van der Waals surface area contributed by atoms with Crippen molar-refractivity contribution in [2.75, 3.05) is 6.61 Å². The minimum atomic E-state index is 0.153. The van der Waals surface area contributed by atoms with Crippen molar-refractivity contribution in [3.05, 3.63) is 12.4 Å². The van der Waals surface area contributed by atoms with E-state index in [0.717, 1.165) is 31.7 Å². The molecule has 0 bridgehead atoms. The van der Waals surface area contributed by atoms with Crippen molar-refractivity contribution >= 4 is 15.9 Å². The molecule has 1 saturated carbocycles. The summed E-state index contributed by atoms with van der Waals surface area (Å²) in [6, 6.07) is 0. The molecule has 4 nitrogen and oxygen atoms in total. The molecule has 0 spiro atoms. The molecule has 1 aromatic rings. The van der Waals surface area contributed by atoms with Crippen LogP contribution in [-0.4, -0.2) is 33.4 Å². The van der Waals surface area contributed by atoms with Gasteiger partial charge in [-0.15, -0.1) is 0 Å². The fraction of sp³-hybridized carbons (Fsp3) is 0.750. The van der Waals surface area contributed by atoms with Gasteiger partial charge in [0, 0.05) is 24.4 Å². The van der Waals surface area contributed by atoms with E-state index in [1.54, 1.807) is 6.20 Å². The van der Waals surface area contributed by atoms with E-state index < -0.39 is 0 Å². The van der Waals surface area contributed by atoms with Crippen LogP contribution in [0.25, 0.3) is 0 Å². The molecule has 96 valence electrons. The Hall–Kier alpha value is -0.550. The number of hydrogen-bond donors (Lipinski definition) is 0. The van der Waals surface area contributed by atoms with E-state index in [9.17, 15) is 0 Å². The maximum Gasteiger partial charge on any atom is 0.157 e. The van der Waals surface area contributed by atoms with E-state index in [1.807, 2.05) is 10.9 Å². The van der Waals surface area contributed by atoms with Crippen molar-refractivity contribution in [3.8, 4) is 5.75 Å². The Bertz CT molecular complexity index is 356. The molecule has 1 aliphatic rings. The molecule has 1 aliphatic carbocycles. The molecule has 0 radical (unpaired) electrons. The van der Waals surface area contributed by atoms with Gasteiger partial charge in [0.1, 0.15) is 12.2 Å². The summed E-state index contributed by atoms with van der Waals surface area (Å²) in [7, 11) is 0. The number of ether oxygens (including phenoxy) is 2. The van der Waals surface area contributed by atoms with Crippen LogP contribution in [-0.2, 0) is 11.3 Å². The van der Waals surface area contributed by atoms with E-state index >= 15 is 0 Å². The minimum Gasteiger partial charge on any atom is -0.484 e. The molecule has 3 atom stereocenters. The van der Waals surface area contributed by atoms with Gasteiger partial charge in [0.05, 0.1) is 12.4 Å². The van der Waals surface area contributed by atoms with Crippen LogP contribution in [0.3, 0.4) is 0 Å². The van der Waals surface area contributed by atoms with Crippen LogP contribution in [0.15, 0.2) is 12.4 Å². The molecule has 1 fully saturated rings. The number of nitrogens with zero attached hydrogens (tertiary/aromatic N) is 2. The van der Waals surface area contributed by atoms with E-state index in [1.165, 1.54) is 0 Å². The highest BCUT2D eigenvalue weighted by Crippen LogP contribution is 2.34. The monoisotopic (exact) mass is 302 g/mol. The number of halogens is 1. The summed E-state index contributed by atoms with van der Waals surface area (Å²) >= 11 is 3.60. The second-order valence-corrected chi connectivity index (χ2v) is 5.45. The average Bonchev–Trinajstić information content (AvgIpc) is 2.77. The van der Waals surface area contributed by atoms with E-state index in [-0.39, 0.29) is 12.2 Å². The van der Waals surface area contributed by atoms with E-state index in [0.29, 0.717) is 4.83 Å². The third-order valence-electron chi connectivity index (χ3n) is 2.92. The Balaban J connectivity index is 1.86. The number of hydrogen-bond acceptors (Lipinski definition) is 3. The highest BCUT2D eigenvalue weighted by Gasteiger charge is 2.42. The van der Waals surface area contributed by atoms with Gasteiger partial charge >= 0.3 is 0 Å². The van der Waals surface area contributed by atoms with Crippen LogP contribution in [0.4, 0.5) is 0 Å². The molecule has 2 rings (SSSR count). The summed E-state index contributed by atoms with van der Waals surface area (Å²) in [4.78, 5) is 0.417. The molecule has 0 aromatic carbocycles. The van der Waals surface area contributed by atoms with Crippen LogP contribution < -0.4 is 4.74 Å². The predicted octanol–water partition coefficient (Wildman–Crippen LogP) is 2.61. The lowest BCUT2D eigenvalue weighted by Gasteiger charge is -2.40. The standard InChI is InChI=1S/C12H19BrN2O2/c1-3-5-16-12-10(13)6-11(12)17-9-7-14-15(4-2)8-9/h7-8,10-12H,3-6H2,1-2H3. The van der Waals surface area contributed by atoms with E-state index in [4.69, 9.17) is 9.47 Å². The Morgan fingerprint density at radius 1 is 1.53 bits per heavy atom. The molecule has 5 heteroatoms. The number of rotatable bonds is 6. The first-order chi connectivity index (χ1) is 8.24. The van der Waals surface area contributed by atoms with Crippen molar-refractivity contribution in [2.45, 2.75) is 50.3 Å². The molecule has 0 amide bonds. The van der Waals surface area contributed by atoms with Crippen LogP contribution in [0.1, 0.15) is 26.7 Å². The van der Waals surface area contributed by atoms with Gasteiger partial charge in [0.2, 0.25) is 0 Å². The summed E-state index contributed by atoms with van der Waals surface area (Å²) in [6.45, 7) is 5.83. The van der Waals surface area contributed by atoms with Crippen molar-refractivity contribution in [1.29, 1.82) is 0 Å². The predicted molar refractivity (Wildman–Crippen MR) is 69.7 cm³/mol. The average molecular weight is 303 g/mol. The molecule has 17 heavy (non-hydrogen) atoms. The first kappa shape index (κ1) is 12.9. The molecular formula is C12H19BrN2O2. The first-order valence-corrected chi connectivity index (χ1v) is 7.11. The lowest BCUT2D eigenvalue weighted by molar-refractivity contribution is -0.0762. The zero-order valence-corrected chi connectivity index (χ0v) is 11.9. The third kappa shape index (κ3) is 3.01. The topological polar surface area (TPSA) is 36.3 Å². The van der Waals surface area contributed by atoms with Crippen LogP contribution in [0, 0.1) is 0 Å². The summed E-state index contributed by atoms with van der Waals surface area (Å²) in [5, 5.41) is 4.19. The summed E-state index contributed by atoms with van der Waals surface area (Å²) in [5.74, 6) is 0.835. The Kier molecular flexibility index (Phi) is 4.45. The molecule has 1 aromatic heterocycles. The number of aromatic nitrogens is 2. The molecule has 1 heterocycles. The normalized spacial score (nSPS) is 27.8. The van der Waals surface area contributed by atoms with Crippen LogP contribution >= 0.6 is 15.9 Å². The van der Waals surface area contributed by atoms with Gasteiger partial charge in [-0.25, -0.2) is 0 Å². The van der Waals surface area contributed by atoms with Crippen molar-refractivity contribution < 1.29 is 9.47 Å². The summed E-state index contributed by atoms with van der Waals surface area (Å²) in [5.41, 5.74) is 0. The van der Waals surface area contributed by atoms with Crippen molar-refractivity contribution in [3.63, 3.8) is 0 Å². The van der Waals surface area contributed by atoms with Crippen LogP contribution in [0.5, 0.6) is 5.75 Å². The highest BCUT2D eigenvalue weighted by molar-refractivity contribution is 9.09. The lowest BCUT2D eigenvalue weighted by Crippen LogP contribution is -2.52. The molecule has 0 aliphatic heterocycles. The molecule has 3 unspecified atom stereocenters. The highest BCUT2D eigenvalue weighted by atomic mass is 79.9. The molecular weight excluding hydrogens is 284 g/mol. The van der Waals surface area contributed by atoms with Gasteiger partial charge in [0.15, 0.2) is 5.75 Å². The van der Waals surface area contributed by atoms with Gasteiger partial charge < -0.3 is 9.47 Å². The fourth-order valence-corrected chi connectivity index (χ4v) is 2.72. The Morgan fingerprint density at radius 3 is 2.94 bits per heavy atom. The Morgan fingerprint density at radius 2 is 2.35 bits per heavy atom. The SMILES string of the molecule is CCCOC1C(Br)CC1Oc1cnn(CC)c1. The van der Waals surface area contributed by atoms with Gasteiger partial charge in [-0.2, -0.15) is 5.10 Å². The van der Waals surface area contributed by atoms with E-state index in [2.05, 4.69) is 34.9 Å². The van der Waals surface area contributed by atoms with Crippen LogP contribution in [0.2, 0.25) is 0 Å². The number of alkyl halides is 1. The van der Waals surface area contributed by atoms with Gasteiger partial charge in [-0.05, 0) is 13.3 Å². The summed E-state index contributed by atoms with van der Waals surface area (Å²) in [6.07, 6.45) is 6.04.